The minimum atomic E-state index is -0.837. The molecule has 5 nitrogen and oxygen atoms in total. The first-order chi connectivity index (χ1) is 7.97. The Morgan fingerprint density at radius 2 is 1.94 bits per heavy atom. The maximum Gasteiger partial charge on any atom is 0.251 e. The van der Waals surface area contributed by atoms with Crippen molar-refractivity contribution in [1.29, 1.82) is 0 Å². The van der Waals surface area contributed by atoms with Crippen LogP contribution in [0.1, 0.15) is 6.92 Å². The Kier molecular flexibility index (Phi) is 4.53. The van der Waals surface area contributed by atoms with Gasteiger partial charge in [0.2, 0.25) is 5.91 Å². The van der Waals surface area contributed by atoms with E-state index in [1.807, 2.05) is 0 Å². The number of thiol groups is 1. The van der Waals surface area contributed by atoms with Crippen LogP contribution in [-0.2, 0) is 9.59 Å². The highest BCUT2D eigenvalue weighted by Gasteiger charge is 2.24. The Morgan fingerprint density at radius 1 is 1.41 bits per heavy atom. The lowest BCUT2D eigenvalue weighted by molar-refractivity contribution is -0.125. The van der Waals surface area contributed by atoms with Gasteiger partial charge in [-0.25, -0.2) is 4.90 Å². The Labute approximate surface area is 105 Å². The fraction of sp³-hybridized carbons (Fsp3) is 0.273. The summed E-state index contributed by atoms with van der Waals surface area (Å²) in [6.07, 6.45) is 0. The molecule has 0 fully saturated rings. The summed E-state index contributed by atoms with van der Waals surface area (Å²) in [4.78, 5) is 24.3. The van der Waals surface area contributed by atoms with E-state index in [9.17, 15) is 9.59 Å². The average molecular weight is 254 g/mol. The second-order valence-electron chi connectivity index (χ2n) is 3.50. The molecule has 1 aromatic rings. The SMILES string of the molecule is CC(=O)N(C(=O)[C@@H](N)CS)c1ccc(O)cc1. The van der Waals surface area contributed by atoms with Crippen LogP contribution in [-0.4, -0.2) is 28.7 Å². The van der Waals surface area contributed by atoms with Crippen LogP contribution in [0.2, 0.25) is 0 Å². The Balaban J connectivity index is 3.05. The molecule has 92 valence electrons. The predicted octanol–water partition coefficient (Wildman–Crippen LogP) is 0.529. The fourth-order valence-corrected chi connectivity index (χ4v) is 1.47. The molecule has 0 saturated carbocycles. The van der Waals surface area contributed by atoms with Crippen LogP contribution in [0.3, 0.4) is 0 Å². The van der Waals surface area contributed by atoms with E-state index in [1.165, 1.54) is 31.2 Å². The molecule has 0 aliphatic heterocycles. The van der Waals surface area contributed by atoms with Crippen molar-refractivity contribution in [3.05, 3.63) is 24.3 Å². The topological polar surface area (TPSA) is 83.6 Å². The van der Waals surface area contributed by atoms with Gasteiger partial charge in [0.15, 0.2) is 0 Å². The van der Waals surface area contributed by atoms with Crippen LogP contribution < -0.4 is 10.6 Å². The van der Waals surface area contributed by atoms with E-state index in [0.717, 1.165) is 4.90 Å². The standard InChI is InChI=1S/C11H14N2O3S/c1-7(14)13(11(16)10(12)6-17)8-2-4-9(15)5-3-8/h2-5,10,15,17H,6,12H2,1H3/t10-/m0/s1. The van der Waals surface area contributed by atoms with Gasteiger partial charge >= 0.3 is 0 Å². The maximum absolute atomic E-state index is 11.9. The largest absolute Gasteiger partial charge is 0.508 e. The number of nitrogens with zero attached hydrogens (tertiary/aromatic N) is 1. The quantitative estimate of drug-likeness (QED) is 0.687. The van der Waals surface area contributed by atoms with Gasteiger partial charge in [0.25, 0.3) is 5.91 Å². The predicted molar refractivity (Wildman–Crippen MR) is 68.1 cm³/mol. The van der Waals surface area contributed by atoms with Crippen LogP contribution in [0.4, 0.5) is 5.69 Å². The summed E-state index contributed by atoms with van der Waals surface area (Å²) in [5, 5.41) is 9.15. The number of anilines is 1. The average Bonchev–Trinajstić information content (AvgIpc) is 2.30. The number of carbonyl (C=O) groups is 2. The molecule has 0 aliphatic rings. The van der Waals surface area contributed by atoms with E-state index in [0.29, 0.717) is 5.69 Å². The number of rotatable bonds is 3. The molecule has 17 heavy (non-hydrogen) atoms. The first kappa shape index (κ1) is 13.5. The van der Waals surface area contributed by atoms with E-state index >= 15 is 0 Å². The third kappa shape index (κ3) is 3.21. The summed E-state index contributed by atoms with van der Waals surface area (Å²) in [6.45, 7) is 1.27. The van der Waals surface area contributed by atoms with Gasteiger partial charge in [-0.15, -0.1) is 0 Å². The molecular formula is C11H14N2O3S. The highest BCUT2D eigenvalue weighted by Crippen LogP contribution is 2.19. The molecule has 0 bridgehead atoms. The summed E-state index contributed by atoms with van der Waals surface area (Å²) in [6, 6.07) is 4.89. The molecule has 2 amide bonds. The number of phenolic OH excluding ortho intramolecular Hbond substituents is 1. The third-order valence-electron chi connectivity index (χ3n) is 2.16. The number of carbonyl (C=O) groups excluding carboxylic acids is 2. The van der Waals surface area contributed by atoms with Gasteiger partial charge in [-0.1, -0.05) is 0 Å². The van der Waals surface area contributed by atoms with Gasteiger partial charge in [-0.3, -0.25) is 9.59 Å². The smallest absolute Gasteiger partial charge is 0.251 e. The van der Waals surface area contributed by atoms with Crippen LogP contribution in [0, 0.1) is 0 Å². The van der Waals surface area contributed by atoms with Crippen LogP contribution in [0.25, 0.3) is 0 Å². The molecule has 1 atom stereocenters. The highest BCUT2D eigenvalue weighted by atomic mass is 32.1. The number of amides is 2. The number of imide groups is 1. The molecule has 1 aromatic carbocycles. The van der Waals surface area contributed by atoms with Crippen molar-refractivity contribution < 1.29 is 14.7 Å². The normalized spacial score (nSPS) is 11.9. The van der Waals surface area contributed by atoms with Gasteiger partial charge in [0.05, 0.1) is 11.7 Å². The van der Waals surface area contributed by atoms with E-state index in [1.54, 1.807) is 0 Å². The minimum absolute atomic E-state index is 0.0585. The van der Waals surface area contributed by atoms with E-state index < -0.39 is 17.9 Å². The van der Waals surface area contributed by atoms with Gasteiger partial charge < -0.3 is 10.8 Å². The van der Waals surface area contributed by atoms with Gasteiger partial charge in [0.1, 0.15) is 5.75 Å². The second kappa shape index (κ2) is 5.70. The zero-order valence-electron chi connectivity index (χ0n) is 9.33. The van der Waals surface area contributed by atoms with Crippen molar-refractivity contribution in [2.45, 2.75) is 13.0 Å². The van der Waals surface area contributed by atoms with E-state index in [2.05, 4.69) is 12.6 Å². The molecule has 0 saturated heterocycles. The monoisotopic (exact) mass is 254 g/mol. The van der Waals surface area contributed by atoms with Crippen molar-refractivity contribution >= 4 is 30.1 Å². The molecule has 0 aliphatic carbocycles. The maximum atomic E-state index is 11.9. The van der Waals surface area contributed by atoms with Gasteiger partial charge in [-0.2, -0.15) is 12.6 Å². The van der Waals surface area contributed by atoms with Crippen molar-refractivity contribution in [1.82, 2.24) is 0 Å². The molecule has 6 heteroatoms. The number of hydrogen-bond acceptors (Lipinski definition) is 5. The Bertz CT molecular complexity index is 419. The van der Waals surface area contributed by atoms with E-state index in [-0.39, 0.29) is 11.5 Å². The zero-order chi connectivity index (χ0) is 13.0. The van der Waals surface area contributed by atoms with Crippen molar-refractivity contribution in [3.8, 4) is 5.75 Å². The third-order valence-corrected chi connectivity index (χ3v) is 2.55. The molecule has 3 N–H and O–H groups in total. The molecule has 0 spiro atoms. The lowest BCUT2D eigenvalue weighted by Gasteiger charge is -2.22. The molecular weight excluding hydrogens is 240 g/mol. The van der Waals surface area contributed by atoms with Crippen molar-refractivity contribution in [2.24, 2.45) is 5.73 Å². The number of hydrogen-bond donors (Lipinski definition) is 3. The lowest BCUT2D eigenvalue weighted by Crippen LogP contribution is -2.47. The highest BCUT2D eigenvalue weighted by molar-refractivity contribution is 7.80. The van der Waals surface area contributed by atoms with Crippen molar-refractivity contribution in [3.63, 3.8) is 0 Å². The van der Waals surface area contributed by atoms with Crippen LogP contribution in [0.5, 0.6) is 5.75 Å². The minimum Gasteiger partial charge on any atom is -0.508 e. The first-order valence-electron chi connectivity index (χ1n) is 4.97. The molecule has 1 rings (SSSR count). The molecule has 0 radical (unpaired) electrons. The molecule has 0 aromatic heterocycles. The Hall–Kier alpha value is -1.53. The molecule has 0 heterocycles. The van der Waals surface area contributed by atoms with Crippen molar-refractivity contribution in [2.75, 3.05) is 10.7 Å². The van der Waals surface area contributed by atoms with Gasteiger partial charge in [0, 0.05) is 12.7 Å². The molecule has 0 unspecified atom stereocenters. The number of benzene rings is 1. The summed E-state index contributed by atoms with van der Waals surface area (Å²) in [5.74, 6) is -0.736. The number of nitrogens with two attached hydrogens (primary N) is 1. The van der Waals surface area contributed by atoms with Crippen LogP contribution >= 0.6 is 12.6 Å². The number of aromatic hydroxyl groups is 1. The number of phenols is 1. The second-order valence-corrected chi connectivity index (χ2v) is 3.86. The lowest BCUT2D eigenvalue weighted by atomic mass is 10.2. The first-order valence-corrected chi connectivity index (χ1v) is 5.60. The summed E-state index contributed by atoms with van der Waals surface area (Å²) in [7, 11) is 0. The summed E-state index contributed by atoms with van der Waals surface area (Å²) >= 11 is 3.92. The van der Waals surface area contributed by atoms with Crippen LogP contribution in [0.15, 0.2) is 24.3 Å². The van der Waals surface area contributed by atoms with Gasteiger partial charge in [-0.05, 0) is 24.3 Å². The fourth-order valence-electron chi connectivity index (χ4n) is 1.31. The summed E-state index contributed by atoms with van der Waals surface area (Å²) in [5.41, 5.74) is 5.93. The summed E-state index contributed by atoms with van der Waals surface area (Å²) < 4.78 is 0. The Morgan fingerprint density at radius 3 is 2.35 bits per heavy atom. The van der Waals surface area contributed by atoms with E-state index in [4.69, 9.17) is 10.8 Å². The zero-order valence-corrected chi connectivity index (χ0v) is 10.2.